The number of likely N-dealkylation sites (N-methyl/N-ethyl adjacent to an activating group) is 3. The summed E-state index contributed by atoms with van der Waals surface area (Å²) in [5.74, 6) is 0.571. The number of quaternary nitrogens is 5. The molecule has 22 heteroatoms. The lowest BCUT2D eigenvalue weighted by Crippen LogP contribution is -3.00. The molecule has 17 nitrogen and oxygen atoms in total. The van der Waals surface area contributed by atoms with E-state index in [1.165, 1.54) is 0 Å². The molecule has 0 atom stereocenters. The summed E-state index contributed by atoms with van der Waals surface area (Å²) in [5, 5.41) is 37.5. The fraction of sp³-hybridized carbons (Fsp3) is 0.278. The molecule has 5 aliphatic rings. The van der Waals surface area contributed by atoms with Gasteiger partial charge in [0.25, 0.3) is 0 Å². The highest BCUT2D eigenvalue weighted by molar-refractivity contribution is 6.26. The minimum absolute atomic E-state index is 0. The Kier molecular flexibility index (Phi) is 35.1. The molecule has 112 heavy (non-hydrogen) atoms. The first-order valence-electron chi connectivity index (χ1n) is 36.7. The summed E-state index contributed by atoms with van der Waals surface area (Å²) in [6, 6.07) is 60.1. The van der Waals surface area contributed by atoms with E-state index in [4.69, 9.17) is 34.3 Å². The van der Waals surface area contributed by atoms with E-state index in [1.54, 1.807) is 0 Å². The standard InChI is InChI=1S/C22H28NO4.C20H24NO3.C18H20NO2.C16H15NO2.C14H11NO.5ClH/c1-23(2,9-11-26-13-14-27-12-10-24)16-19-15-18-7-3-5-17-6-4-8-20(21(17)18)22(19)25;1-21(2,9-11-24-12-10-22)14-17-13-16-7-3-5-15-6-4-8-18(19(15)16)20(17)23;1-19(2,9-10-20)12-15-11-14-7-3-5-13-6-4-8-16(17(13)14)18(15)21;17-7-8-19-10-13-9-12-5-1-3-11-4-2-6-14(15(11)12)16(13)18;15-8-11-7-10-5-1-3-9-4-2-6-12(13(9)10)14(11)16;;;;;/h3-8,15,24H,9-14,16H2,1-2H3;3-8,13,22H,9-12,14H2,1-2H3;3-8,11,20H,9-10,12H2,1-2H3;1-6,9H,7-8,10,17H2;1-7H,8,15H2;5*1H/q3*+1;;;;;;;/p-3. The molecule has 10 aromatic carbocycles. The van der Waals surface area contributed by atoms with Gasteiger partial charge in [-0.25, -0.2) is 0 Å². The van der Waals surface area contributed by atoms with Gasteiger partial charge in [-0.05, 0) is 85.1 Å². The topological polar surface area (TPSA) is 238 Å². The van der Waals surface area contributed by atoms with E-state index in [0.717, 1.165) is 150 Å². The normalized spacial score (nSPS) is 13.4. The maximum atomic E-state index is 13.0. The van der Waals surface area contributed by atoms with E-state index in [9.17, 15) is 24.0 Å². The Morgan fingerprint density at radius 2 is 0.536 bits per heavy atom. The summed E-state index contributed by atoms with van der Waals surface area (Å²) >= 11 is 0. The first-order chi connectivity index (χ1) is 51.7. The Morgan fingerprint density at radius 3 is 0.821 bits per heavy atom. The summed E-state index contributed by atoms with van der Waals surface area (Å²) in [6.45, 7) is 9.44. The highest BCUT2D eigenvalue weighted by Crippen LogP contribution is 2.37. The van der Waals surface area contributed by atoms with Crippen LogP contribution in [0.2, 0.25) is 0 Å². The van der Waals surface area contributed by atoms with Gasteiger partial charge in [-0.15, -0.1) is 0 Å². The van der Waals surface area contributed by atoms with Crippen LogP contribution in [0.1, 0.15) is 79.6 Å². The summed E-state index contributed by atoms with van der Waals surface area (Å²) in [5.41, 5.74) is 21.1. The van der Waals surface area contributed by atoms with Gasteiger partial charge in [-0.2, -0.15) is 0 Å². The third kappa shape index (κ3) is 22.3. The van der Waals surface area contributed by atoms with Gasteiger partial charge in [0, 0.05) is 60.3 Å². The number of aliphatic hydroxyl groups excluding tert-OH is 3. The lowest BCUT2D eigenvalue weighted by atomic mass is 9.87. The average Bonchev–Trinajstić information content (AvgIpc) is 0.793. The number of Topliss-reactive ketones (excluding diaryl/α,β-unsaturated/α-hetero) is 5. The second kappa shape index (κ2) is 42.6. The number of carbonyl (C=O) groups is 5. The van der Waals surface area contributed by atoms with Crippen molar-refractivity contribution in [3.8, 4) is 0 Å². The number of rotatable bonds is 26. The van der Waals surface area contributed by atoms with Gasteiger partial charge >= 0.3 is 0 Å². The zero-order valence-electron chi connectivity index (χ0n) is 64.3. The van der Waals surface area contributed by atoms with Gasteiger partial charge in [0.15, 0.2) is 28.9 Å². The predicted octanol–water partition coefficient (Wildman–Crippen LogP) is -4.13. The molecule has 0 spiro atoms. The van der Waals surface area contributed by atoms with Crippen molar-refractivity contribution in [1.82, 2.24) is 0 Å². The van der Waals surface area contributed by atoms with Crippen LogP contribution in [-0.2, 0) is 18.9 Å². The molecular weight excluding hydrogens is 1520 g/mol. The molecule has 0 aromatic heterocycles. The largest absolute Gasteiger partial charge is 1.00 e. The van der Waals surface area contributed by atoms with E-state index >= 15 is 0 Å². The maximum absolute atomic E-state index is 13.0. The fourth-order valence-electron chi connectivity index (χ4n) is 14.5. The number of ketones is 5. The van der Waals surface area contributed by atoms with E-state index in [0.29, 0.717) is 106 Å². The summed E-state index contributed by atoms with van der Waals surface area (Å²) in [7, 11) is 12.5. The van der Waals surface area contributed by atoms with E-state index in [-0.39, 0.29) is 111 Å². The number of benzene rings is 10. The van der Waals surface area contributed by atoms with Gasteiger partial charge < -0.3 is 121 Å². The lowest BCUT2D eigenvalue weighted by Gasteiger charge is -2.31. The Morgan fingerprint density at radius 1 is 0.286 bits per heavy atom. The van der Waals surface area contributed by atoms with Crippen molar-refractivity contribution in [2.24, 2.45) is 0 Å². The summed E-state index contributed by atoms with van der Waals surface area (Å²) in [6.07, 6.45) is 9.99. The molecule has 5 aliphatic carbocycles. The highest BCUT2D eigenvalue weighted by atomic mass is 35.5. The molecule has 0 bridgehead atoms. The number of halogens is 5. The van der Waals surface area contributed by atoms with Crippen LogP contribution in [0, 0.1) is 0 Å². The van der Waals surface area contributed by atoms with Crippen LogP contribution < -0.4 is 73.5 Å². The Labute approximate surface area is 686 Å². The van der Waals surface area contributed by atoms with Gasteiger partial charge in [0.1, 0.15) is 45.8 Å². The van der Waals surface area contributed by atoms with E-state index in [2.05, 4.69) is 70.0 Å². The van der Waals surface area contributed by atoms with Crippen molar-refractivity contribution in [1.29, 1.82) is 0 Å². The SMILES string of the molecule is C[N+](C)(CCO)CC1=Cc2cccc3cccc(c23)C1=O.C[N+](C)(CCOCCO)CC1=Cc2cccc3cccc(c23)C1=O.C[N+](C)(CCOCCOCCO)CC1=Cc2cccc3cccc(c23)C1=O.[Cl-].[Cl-].[Cl-].[Cl-].[Cl-].[NH3+]CC1=Cc2cccc3cccc(c23)C1=O.[NH3+]CCOCC1=Cc2cccc3cccc(c23)C1=O. The zero-order chi connectivity index (χ0) is 75.8. The molecule has 0 heterocycles. The van der Waals surface area contributed by atoms with Crippen molar-refractivity contribution in [3.05, 3.63) is 265 Å². The van der Waals surface area contributed by atoms with Crippen molar-refractivity contribution in [2.75, 3.05) is 167 Å². The van der Waals surface area contributed by atoms with Crippen LogP contribution in [0.25, 0.3) is 84.2 Å². The lowest BCUT2D eigenvalue weighted by molar-refractivity contribution is -0.885. The van der Waals surface area contributed by atoms with Gasteiger partial charge in [-0.1, -0.05) is 182 Å². The molecular formula is C90H100Cl5N5O12. The van der Waals surface area contributed by atoms with Gasteiger partial charge in [-0.3, -0.25) is 24.0 Å². The minimum atomic E-state index is 0. The number of nitrogens with zero attached hydrogens (tertiary/aromatic N) is 3. The minimum Gasteiger partial charge on any atom is -1.00 e. The van der Waals surface area contributed by atoms with Crippen LogP contribution in [0.3, 0.4) is 0 Å². The Balaban J connectivity index is 0.000000218. The third-order valence-electron chi connectivity index (χ3n) is 19.9. The molecule has 0 radical (unpaired) electrons. The second-order valence-corrected chi connectivity index (χ2v) is 29.4. The Bertz CT molecular complexity index is 5160. The Hall–Kier alpha value is -8.48. The van der Waals surface area contributed by atoms with Crippen LogP contribution in [-0.4, -0.2) is 225 Å². The number of ether oxygens (including phenoxy) is 4. The second-order valence-electron chi connectivity index (χ2n) is 29.4. The molecule has 0 aliphatic heterocycles. The molecule has 0 saturated carbocycles. The van der Waals surface area contributed by atoms with Crippen LogP contribution >= 0.6 is 0 Å². The van der Waals surface area contributed by atoms with Crippen LogP contribution in [0.15, 0.2) is 210 Å². The zero-order valence-corrected chi connectivity index (χ0v) is 68.1. The average molecular weight is 1620 g/mol. The molecule has 9 N–H and O–H groups in total. The van der Waals surface area contributed by atoms with Crippen molar-refractivity contribution < 1.29 is 145 Å². The molecule has 0 amide bonds. The number of aliphatic hydroxyl groups is 3. The van der Waals surface area contributed by atoms with E-state index < -0.39 is 0 Å². The van der Waals surface area contributed by atoms with Crippen LogP contribution in [0.4, 0.5) is 0 Å². The van der Waals surface area contributed by atoms with E-state index in [1.807, 2.05) is 196 Å². The third-order valence-corrected chi connectivity index (χ3v) is 19.9. The monoisotopic (exact) mass is 1620 g/mol. The smallest absolute Gasteiger partial charge is 0.195 e. The summed E-state index contributed by atoms with van der Waals surface area (Å²) in [4.78, 5) is 63.2. The first-order valence-corrected chi connectivity index (χ1v) is 36.7. The maximum Gasteiger partial charge on any atom is 0.195 e. The number of hydrogen-bond acceptors (Lipinski definition) is 12. The molecule has 0 fully saturated rings. The van der Waals surface area contributed by atoms with Gasteiger partial charge in [0.2, 0.25) is 0 Å². The molecule has 10 aromatic rings. The first kappa shape index (κ1) is 92.4. The predicted molar refractivity (Wildman–Crippen MR) is 427 cm³/mol. The number of hydrogen-bond donors (Lipinski definition) is 5. The number of carbonyl (C=O) groups excluding carboxylic acids is 5. The van der Waals surface area contributed by atoms with Crippen LogP contribution in [0.5, 0.6) is 0 Å². The molecule has 15 rings (SSSR count). The quantitative estimate of drug-likeness (QED) is 0.0257. The highest BCUT2D eigenvalue weighted by Gasteiger charge is 2.32. The summed E-state index contributed by atoms with van der Waals surface area (Å²) < 4.78 is 23.6. The molecule has 0 unspecified atom stereocenters. The van der Waals surface area contributed by atoms with Crippen molar-refractivity contribution >= 4 is 113 Å². The van der Waals surface area contributed by atoms with Crippen molar-refractivity contribution in [2.45, 2.75) is 0 Å². The van der Waals surface area contributed by atoms with Crippen molar-refractivity contribution in [3.63, 3.8) is 0 Å². The molecule has 0 saturated heterocycles. The molecule has 592 valence electrons. The fourth-order valence-corrected chi connectivity index (χ4v) is 14.5. The van der Waals surface area contributed by atoms with Gasteiger partial charge in [0.05, 0.1) is 144 Å².